The van der Waals surface area contributed by atoms with Crippen LogP contribution in [-0.2, 0) is 14.3 Å². The fourth-order valence-electron chi connectivity index (χ4n) is 2.98. The van der Waals surface area contributed by atoms with Crippen molar-refractivity contribution in [2.75, 3.05) is 13.2 Å². The Morgan fingerprint density at radius 2 is 1.74 bits per heavy atom. The summed E-state index contributed by atoms with van der Waals surface area (Å²) >= 11 is 0. The third-order valence-electron chi connectivity index (χ3n) is 3.96. The van der Waals surface area contributed by atoms with Crippen molar-refractivity contribution >= 4 is 11.9 Å². The first-order valence-corrected chi connectivity index (χ1v) is 6.93. The maximum Gasteiger partial charge on any atom is 0.332 e. The number of rotatable bonds is 5. The first-order chi connectivity index (χ1) is 9.13. The van der Waals surface area contributed by atoms with Crippen LogP contribution in [0.4, 0.5) is 0 Å². The molecule has 0 aromatic carbocycles. The summed E-state index contributed by atoms with van der Waals surface area (Å²) in [7, 11) is 0. The summed E-state index contributed by atoms with van der Waals surface area (Å²) < 4.78 is 5.30. The van der Waals surface area contributed by atoms with Crippen molar-refractivity contribution in [1.82, 2.24) is 4.90 Å². The van der Waals surface area contributed by atoms with Crippen LogP contribution in [0.15, 0.2) is 0 Å². The minimum absolute atomic E-state index is 0.0721. The molecule has 6 heteroatoms. The molecule has 0 spiro atoms. The van der Waals surface area contributed by atoms with Crippen molar-refractivity contribution < 1.29 is 24.5 Å². The van der Waals surface area contributed by atoms with Crippen LogP contribution < -0.4 is 0 Å². The lowest BCUT2D eigenvalue weighted by atomic mass is 10.1. The Balaban J connectivity index is 1.97. The molecule has 2 aliphatic rings. The zero-order valence-corrected chi connectivity index (χ0v) is 11.0. The molecule has 1 saturated heterocycles. The Bertz CT molecular complexity index is 340. The van der Waals surface area contributed by atoms with E-state index >= 15 is 0 Å². The molecule has 0 radical (unpaired) electrons. The smallest absolute Gasteiger partial charge is 0.332 e. The van der Waals surface area contributed by atoms with Gasteiger partial charge in [-0.3, -0.25) is 4.79 Å². The van der Waals surface area contributed by atoms with Crippen molar-refractivity contribution in [3.05, 3.63) is 0 Å². The monoisotopic (exact) mass is 271 g/mol. The number of ether oxygens (including phenoxy) is 1. The number of carboxylic acids is 1. The third-order valence-corrected chi connectivity index (χ3v) is 3.96. The van der Waals surface area contributed by atoms with Crippen LogP contribution in [0.2, 0.25) is 0 Å². The van der Waals surface area contributed by atoms with Crippen LogP contribution >= 0.6 is 0 Å². The van der Waals surface area contributed by atoms with Gasteiger partial charge in [-0.25, -0.2) is 4.79 Å². The number of nitrogens with zero attached hydrogens (tertiary/aromatic N) is 1. The molecule has 2 unspecified atom stereocenters. The Morgan fingerprint density at radius 1 is 1.11 bits per heavy atom. The molecule has 2 atom stereocenters. The van der Waals surface area contributed by atoms with Gasteiger partial charge in [0.25, 0.3) is 5.91 Å². The first-order valence-electron chi connectivity index (χ1n) is 6.93. The van der Waals surface area contributed by atoms with E-state index in [9.17, 15) is 9.59 Å². The summed E-state index contributed by atoms with van der Waals surface area (Å²) in [5, 5.41) is 18.0. The molecule has 1 aliphatic carbocycles. The largest absolute Gasteiger partial charge is 0.479 e. The molecule has 19 heavy (non-hydrogen) atoms. The second-order valence-electron chi connectivity index (χ2n) is 5.22. The fourth-order valence-corrected chi connectivity index (χ4v) is 2.98. The average molecular weight is 271 g/mol. The van der Waals surface area contributed by atoms with Crippen molar-refractivity contribution in [1.29, 1.82) is 0 Å². The van der Waals surface area contributed by atoms with Gasteiger partial charge in [0.1, 0.15) is 6.10 Å². The molecule has 0 aromatic heterocycles. The summed E-state index contributed by atoms with van der Waals surface area (Å²) in [5.41, 5.74) is 0. The second-order valence-corrected chi connectivity index (χ2v) is 5.22. The van der Waals surface area contributed by atoms with Crippen LogP contribution in [0.1, 0.15) is 38.5 Å². The molecule has 2 rings (SSSR count). The van der Waals surface area contributed by atoms with E-state index in [1.165, 1.54) is 0 Å². The van der Waals surface area contributed by atoms with Gasteiger partial charge in [0.05, 0.1) is 6.61 Å². The minimum Gasteiger partial charge on any atom is -0.479 e. The molecular weight excluding hydrogens is 250 g/mol. The van der Waals surface area contributed by atoms with E-state index in [0.717, 1.165) is 25.7 Å². The zero-order chi connectivity index (χ0) is 13.8. The lowest BCUT2D eigenvalue weighted by Crippen LogP contribution is -2.46. The standard InChI is InChI=1S/C13H21NO5/c15-8-7-14(9-3-1-2-4-9)12(16)10-5-6-11(19-10)13(17)18/h9-11,15H,1-8H2,(H,17,18). The van der Waals surface area contributed by atoms with E-state index in [1.54, 1.807) is 4.90 Å². The predicted octanol–water partition coefficient (Wildman–Crippen LogP) is 0.382. The van der Waals surface area contributed by atoms with Gasteiger partial charge >= 0.3 is 5.97 Å². The average Bonchev–Trinajstić information content (AvgIpc) is 3.05. The van der Waals surface area contributed by atoms with Crippen LogP contribution in [0.3, 0.4) is 0 Å². The van der Waals surface area contributed by atoms with Gasteiger partial charge in [0.2, 0.25) is 0 Å². The number of carbonyl (C=O) groups is 2. The number of carbonyl (C=O) groups excluding carboxylic acids is 1. The quantitative estimate of drug-likeness (QED) is 0.755. The maximum absolute atomic E-state index is 12.4. The molecule has 6 nitrogen and oxygen atoms in total. The van der Waals surface area contributed by atoms with Crippen molar-refractivity contribution in [2.45, 2.75) is 56.8 Å². The minimum atomic E-state index is -1.01. The number of aliphatic hydroxyl groups excluding tert-OH is 1. The Kier molecular flexibility index (Phi) is 4.76. The van der Waals surface area contributed by atoms with Gasteiger partial charge in [-0.15, -0.1) is 0 Å². The van der Waals surface area contributed by atoms with Gasteiger partial charge in [-0.05, 0) is 25.7 Å². The highest BCUT2D eigenvalue weighted by molar-refractivity contribution is 5.83. The molecule has 2 fully saturated rings. The van der Waals surface area contributed by atoms with Gasteiger partial charge in [0, 0.05) is 12.6 Å². The van der Waals surface area contributed by atoms with Crippen molar-refractivity contribution in [2.24, 2.45) is 0 Å². The zero-order valence-electron chi connectivity index (χ0n) is 11.0. The molecule has 1 saturated carbocycles. The summed E-state index contributed by atoms with van der Waals surface area (Å²) in [6.07, 6.45) is 3.42. The van der Waals surface area contributed by atoms with Crippen LogP contribution in [0.5, 0.6) is 0 Å². The van der Waals surface area contributed by atoms with Gasteiger partial charge < -0.3 is 19.8 Å². The lowest BCUT2D eigenvalue weighted by molar-refractivity contribution is -0.156. The van der Waals surface area contributed by atoms with E-state index in [0.29, 0.717) is 19.4 Å². The van der Waals surface area contributed by atoms with Gasteiger partial charge in [-0.2, -0.15) is 0 Å². The normalized spacial score (nSPS) is 27.6. The number of aliphatic hydroxyl groups is 1. The highest BCUT2D eigenvalue weighted by atomic mass is 16.5. The van der Waals surface area contributed by atoms with E-state index in [2.05, 4.69) is 0 Å². The van der Waals surface area contributed by atoms with E-state index in [4.69, 9.17) is 14.9 Å². The second kappa shape index (κ2) is 6.34. The maximum atomic E-state index is 12.4. The Labute approximate surface area is 112 Å². The summed E-state index contributed by atoms with van der Waals surface area (Å²) in [6.45, 7) is 0.235. The Hall–Kier alpha value is -1.14. The van der Waals surface area contributed by atoms with Crippen LogP contribution in [-0.4, -0.2) is 58.4 Å². The first kappa shape index (κ1) is 14.3. The molecule has 1 aliphatic heterocycles. The molecule has 2 N–H and O–H groups in total. The number of hydrogen-bond donors (Lipinski definition) is 2. The molecule has 1 amide bonds. The molecular formula is C13H21NO5. The molecule has 108 valence electrons. The number of amides is 1. The summed E-state index contributed by atoms with van der Waals surface area (Å²) in [6, 6.07) is 0.173. The number of carboxylic acid groups (broad SMARTS) is 1. The summed E-state index contributed by atoms with van der Waals surface area (Å²) in [5.74, 6) is -1.17. The topological polar surface area (TPSA) is 87.1 Å². The van der Waals surface area contributed by atoms with E-state index in [1.807, 2.05) is 0 Å². The molecule has 0 bridgehead atoms. The summed E-state index contributed by atoms with van der Waals surface area (Å²) in [4.78, 5) is 24.9. The van der Waals surface area contributed by atoms with Crippen molar-refractivity contribution in [3.63, 3.8) is 0 Å². The van der Waals surface area contributed by atoms with Gasteiger partial charge in [0.15, 0.2) is 6.10 Å². The highest BCUT2D eigenvalue weighted by Gasteiger charge is 2.38. The fraction of sp³-hybridized carbons (Fsp3) is 0.846. The number of aliphatic carboxylic acids is 1. The van der Waals surface area contributed by atoms with Crippen molar-refractivity contribution in [3.8, 4) is 0 Å². The SMILES string of the molecule is O=C(O)C1CCC(C(=O)N(CCO)C2CCCC2)O1. The van der Waals surface area contributed by atoms with Crippen LogP contribution in [0, 0.1) is 0 Å². The van der Waals surface area contributed by atoms with Gasteiger partial charge in [-0.1, -0.05) is 12.8 Å². The predicted molar refractivity (Wildman–Crippen MR) is 66.6 cm³/mol. The molecule has 0 aromatic rings. The molecule has 1 heterocycles. The lowest BCUT2D eigenvalue weighted by Gasteiger charge is -2.30. The third kappa shape index (κ3) is 3.25. The highest BCUT2D eigenvalue weighted by Crippen LogP contribution is 2.27. The number of hydrogen-bond acceptors (Lipinski definition) is 4. The van der Waals surface area contributed by atoms with E-state index < -0.39 is 18.2 Å². The Morgan fingerprint density at radius 3 is 2.26 bits per heavy atom. The van der Waals surface area contributed by atoms with Crippen LogP contribution in [0.25, 0.3) is 0 Å². The van der Waals surface area contributed by atoms with E-state index in [-0.39, 0.29) is 18.6 Å².